The molecule has 1 aromatic heterocycles. The average molecular weight is 497 g/mol. The number of aliphatic carboxylic acids is 1. The maximum atomic E-state index is 13.8. The van der Waals surface area contributed by atoms with Gasteiger partial charge in [-0.3, -0.25) is 24.2 Å². The van der Waals surface area contributed by atoms with Crippen LogP contribution in [-0.2, 0) is 9.59 Å². The van der Waals surface area contributed by atoms with E-state index in [1.807, 2.05) is 0 Å². The molecule has 0 radical (unpaired) electrons. The van der Waals surface area contributed by atoms with Crippen LogP contribution in [-0.4, -0.2) is 68.9 Å². The zero-order chi connectivity index (χ0) is 25.7. The highest BCUT2D eigenvalue weighted by atomic mass is 19.1. The Kier molecular flexibility index (Phi) is 7.92. The molecule has 2 unspecified atom stereocenters. The molecule has 2 aliphatic rings. The molecular weight excluding hydrogens is 467 g/mol. The first kappa shape index (κ1) is 25.3. The molecule has 190 valence electrons. The number of benzene rings is 1. The third kappa shape index (κ3) is 5.69. The molecule has 1 aliphatic carbocycles. The highest BCUT2D eigenvalue weighted by molar-refractivity contribution is 6.02. The fraction of sp³-hybridized carbons (Fsp3) is 0.423. The van der Waals surface area contributed by atoms with Gasteiger partial charge < -0.3 is 20.2 Å². The molecule has 10 heteroatoms. The predicted molar refractivity (Wildman–Crippen MR) is 127 cm³/mol. The topological polar surface area (TPSA) is 120 Å². The Morgan fingerprint density at radius 2 is 1.61 bits per heavy atom. The van der Waals surface area contributed by atoms with Crippen molar-refractivity contribution in [3.63, 3.8) is 0 Å². The first-order chi connectivity index (χ1) is 17.3. The van der Waals surface area contributed by atoms with Crippen molar-refractivity contribution in [2.45, 2.75) is 50.7 Å². The molecule has 0 bridgehead atoms. The Bertz CT molecular complexity index is 1120. The highest BCUT2D eigenvalue weighted by Crippen LogP contribution is 2.29. The molecule has 2 heterocycles. The van der Waals surface area contributed by atoms with E-state index in [4.69, 9.17) is 0 Å². The minimum Gasteiger partial charge on any atom is -0.481 e. The summed E-state index contributed by atoms with van der Waals surface area (Å²) in [6.07, 6.45) is 5.94. The molecule has 1 aromatic carbocycles. The summed E-state index contributed by atoms with van der Waals surface area (Å²) in [7, 11) is 0. The van der Waals surface area contributed by atoms with Gasteiger partial charge in [0.05, 0.1) is 6.42 Å². The summed E-state index contributed by atoms with van der Waals surface area (Å²) in [5, 5.41) is 12.3. The number of pyridine rings is 1. The molecule has 36 heavy (non-hydrogen) atoms. The van der Waals surface area contributed by atoms with Crippen LogP contribution >= 0.6 is 0 Å². The van der Waals surface area contributed by atoms with Gasteiger partial charge in [0.1, 0.15) is 5.82 Å². The van der Waals surface area contributed by atoms with Crippen LogP contribution in [0.2, 0.25) is 0 Å². The second kappa shape index (κ2) is 11.3. The van der Waals surface area contributed by atoms with Gasteiger partial charge in [-0.05, 0) is 49.1 Å². The third-order valence-electron chi connectivity index (χ3n) is 6.87. The Morgan fingerprint density at radius 1 is 0.972 bits per heavy atom. The van der Waals surface area contributed by atoms with Crippen molar-refractivity contribution in [1.82, 2.24) is 20.1 Å². The summed E-state index contributed by atoms with van der Waals surface area (Å²) in [6, 6.07) is 7.56. The smallest absolute Gasteiger partial charge is 0.305 e. The maximum Gasteiger partial charge on any atom is 0.305 e. The third-order valence-corrected chi connectivity index (χ3v) is 6.87. The monoisotopic (exact) mass is 496 g/mol. The van der Waals surface area contributed by atoms with Gasteiger partial charge in [0.2, 0.25) is 0 Å². The van der Waals surface area contributed by atoms with Crippen molar-refractivity contribution in [3.8, 4) is 0 Å². The van der Waals surface area contributed by atoms with Gasteiger partial charge in [-0.1, -0.05) is 25.3 Å². The Morgan fingerprint density at radius 3 is 2.22 bits per heavy atom. The zero-order valence-electron chi connectivity index (χ0n) is 19.8. The van der Waals surface area contributed by atoms with Gasteiger partial charge in [-0.15, -0.1) is 0 Å². The molecule has 2 N–H and O–H groups in total. The molecule has 2 aromatic rings. The number of hydrogen-bond acceptors (Lipinski definition) is 5. The quantitative estimate of drug-likeness (QED) is 0.608. The van der Waals surface area contributed by atoms with E-state index < -0.39 is 41.7 Å². The minimum absolute atomic E-state index is 0.00285. The number of carbonyl (C=O) groups is 4. The number of carboxylic acid groups (broad SMARTS) is 1. The standard InChI is InChI=1S/C26H29FN4O5/c27-20-8-4-7-19(15-20)26(36)31-14-13-30(25(35)18-9-11-28-12-10-18)24(31)23(34)29-21(16-22(32)33)17-5-2-1-3-6-17/h4,7-12,15,17,21,24H,1-3,5-6,13-14,16H2,(H,29,34)(H,32,33). The normalized spacial score (nSPS) is 19.1. The van der Waals surface area contributed by atoms with Crippen LogP contribution in [0.4, 0.5) is 4.39 Å². The number of halogens is 1. The van der Waals surface area contributed by atoms with Crippen LogP contribution in [0, 0.1) is 11.7 Å². The highest BCUT2D eigenvalue weighted by Gasteiger charge is 2.44. The Labute approximate surface area is 208 Å². The Balaban J connectivity index is 1.63. The van der Waals surface area contributed by atoms with E-state index in [0.29, 0.717) is 5.56 Å². The second-order valence-corrected chi connectivity index (χ2v) is 9.23. The van der Waals surface area contributed by atoms with E-state index in [9.17, 15) is 28.7 Å². The molecule has 1 saturated heterocycles. The molecule has 9 nitrogen and oxygen atoms in total. The molecule has 2 fully saturated rings. The van der Waals surface area contributed by atoms with Crippen LogP contribution in [0.15, 0.2) is 48.8 Å². The number of nitrogens with one attached hydrogen (secondary N) is 1. The van der Waals surface area contributed by atoms with E-state index in [0.717, 1.165) is 38.2 Å². The minimum atomic E-state index is -1.30. The number of rotatable bonds is 7. The maximum absolute atomic E-state index is 13.8. The average Bonchev–Trinajstić information content (AvgIpc) is 3.33. The first-order valence-electron chi connectivity index (χ1n) is 12.1. The second-order valence-electron chi connectivity index (χ2n) is 9.23. The number of amides is 3. The molecule has 1 saturated carbocycles. The number of nitrogens with zero attached hydrogens (tertiary/aromatic N) is 3. The summed E-state index contributed by atoms with van der Waals surface area (Å²) >= 11 is 0. The lowest BCUT2D eigenvalue weighted by molar-refractivity contribution is -0.138. The summed E-state index contributed by atoms with van der Waals surface area (Å²) in [6.45, 7) is 0.157. The van der Waals surface area contributed by atoms with E-state index in [1.54, 1.807) is 0 Å². The number of hydrogen-bond donors (Lipinski definition) is 2. The van der Waals surface area contributed by atoms with Crippen molar-refractivity contribution < 1.29 is 28.7 Å². The van der Waals surface area contributed by atoms with Gasteiger partial charge >= 0.3 is 5.97 Å². The van der Waals surface area contributed by atoms with Crippen molar-refractivity contribution >= 4 is 23.7 Å². The van der Waals surface area contributed by atoms with Crippen molar-refractivity contribution in [2.24, 2.45) is 5.92 Å². The molecule has 3 amide bonds. The van der Waals surface area contributed by atoms with Gasteiger partial charge in [-0.25, -0.2) is 4.39 Å². The van der Waals surface area contributed by atoms with Crippen molar-refractivity contribution in [2.75, 3.05) is 13.1 Å². The SMILES string of the molecule is O=C(O)CC(NC(=O)C1N(C(=O)c2ccncc2)CCN1C(=O)c1cccc(F)c1)C1CCCCC1. The summed E-state index contributed by atoms with van der Waals surface area (Å²) in [4.78, 5) is 58.3. The van der Waals surface area contributed by atoms with E-state index in [2.05, 4.69) is 10.3 Å². The van der Waals surface area contributed by atoms with Gasteiger partial charge in [0.25, 0.3) is 17.7 Å². The van der Waals surface area contributed by atoms with E-state index in [-0.39, 0.29) is 31.0 Å². The summed E-state index contributed by atoms with van der Waals surface area (Å²) in [5.41, 5.74) is 0.359. The predicted octanol–water partition coefficient (Wildman–Crippen LogP) is 2.68. The molecule has 1 aliphatic heterocycles. The van der Waals surface area contributed by atoms with E-state index in [1.165, 1.54) is 52.5 Å². The number of aromatic nitrogens is 1. The van der Waals surface area contributed by atoms with Gasteiger partial charge in [0, 0.05) is 42.7 Å². The fourth-order valence-electron chi connectivity index (χ4n) is 5.10. The zero-order valence-corrected chi connectivity index (χ0v) is 19.8. The molecule has 0 spiro atoms. The number of carbonyl (C=O) groups excluding carboxylic acids is 3. The summed E-state index contributed by atoms with van der Waals surface area (Å²) < 4.78 is 13.8. The molecule has 2 atom stereocenters. The lowest BCUT2D eigenvalue weighted by Crippen LogP contribution is -2.57. The first-order valence-corrected chi connectivity index (χ1v) is 12.1. The van der Waals surface area contributed by atoms with E-state index >= 15 is 0 Å². The van der Waals surface area contributed by atoms with Crippen LogP contribution in [0.3, 0.4) is 0 Å². The van der Waals surface area contributed by atoms with Crippen molar-refractivity contribution in [3.05, 3.63) is 65.7 Å². The van der Waals surface area contributed by atoms with Gasteiger partial charge in [0.15, 0.2) is 6.17 Å². The lowest BCUT2D eigenvalue weighted by Gasteiger charge is -2.34. The lowest BCUT2D eigenvalue weighted by atomic mass is 9.82. The molecular formula is C26H29FN4O5. The van der Waals surface area contributed by atoms with Crippen LogP contribution in [0.5, 0.6) is 0 Å². The van der Waals surface area contributed by atoms with Gasteiger partial charge in [-0.2, -0.15) is 0 Å². The van der Waals surface area contributed by atoms with Crippen LogP contribution in [0.1, 0.15) is 59.2 Å². The van der Waals surface area contributed by atoms with Crippen LogP contribution in [0.25, 0.3) is 0 Å². The number of carboxylic acids is 1. The fourth-order valence-corrected chi connectivity index (χ4v) is 5.10. The summed E-state index contributed by atoms with van der Waals surface area (Å²) in [5.74, 6) is -3.31. The van der Waals surface area contributed by atoms with Crippen molar-refractivity contribution in [1.29, 1.82) is 0 Å². The Hall–Kier alpha value is -3.82. The van der Waals surface area contributed by atoms with Crippen LogP contribution < -0.4 is 5.32 Å². The molecule has 4 rings (SSSR count). The largest absolute Gasteiger partial charge is 0.481 e.